The summed E-state index contributed by atoms with van der Waals surface area (Å²) in [6.45, 7) is 0.0423. The normalized spacial score (nSPS) is 13.4. The number of ether oxygens (including phenoxy) is 2. The second-order valence-electron chi connectivity index (χ2n) is 2.72. The van der Waals surface area contributed by atoms with Crippen molar-refractivity contribution < 1.29 is 19.1 Å². The first-order chi connectivity index (χ1) is 6.74. The van der Waals surface area contributed by atoms with Crippen LogP contribution in [0.5, 0.6) is 11.5 Å². The second-order valence-corrected chi connectivity index (χ2v) is 3.57. The maximum absolute atomic E-state index is 13.5. The van der Waals surface area contributed by atoms with E-state index in [0.29, 0.717) is 11.5 Å². The molecule has 14 heavy (non-hydrogen) atoms. The number of rotatable bonds is 2. The minimum absolute atomic E-state index is 0.0308. The Kier molecular flexibility index (Phi) is 2.58. The summed E-state index contributed by atoms with van der Waals surface area (Å²) in [6.07, 6.45) is 0. The van der Waals surface area contributed by atoms with Gasteiger partial charge in [-0.3, -0.25) is 0 Å². The van der Waals surface area contributed by atoms with E-state index in [2.05, 4.69) is 15.9 Å². The number of hydrogen-bond donors (Lipinski definition) is 2. The highest BCUT2D eigenvalue weighted by molar-refractivity contribution is 9.10. The summed E-state index contributed by atoms with van der Waals surface area (Å²) in [4.78, 5) is 0. The lowest BCUT2D eigenvalue weighted by Crippen LogP contribution is -2.09. The van der Waals surface area contributed by atoms with E-state index in [-0.39, 0.29) is 23.4 Å². The van der Waals surface area contributed by atoms with Crippen molar-refractivity contribution in [2.24, 2.45) is 0 Å². The van der Waals surface area contributed by atoms with Crippen LogP contribution in [-0.4, -0.2) is 12.0 Å². The van der Waals surface area contributed by atoms with Gasteiger partial charge in [0.15, 0.2) is 11.5 Å². The highest BCUT2D eigenvalue weighted by Gasteiger charge is 2.23. The van der Waals surface area contributed by atoms with Crippen molar-refractivity contribution in [1.82, 2.24) is 5.48 Å². The van der Waals surface area contributed by atoms with Crippen molar-refractivity contribution in [2.45, 2.75) is 6.54 Å². The van der Waals surface area contributed by atoms with Gasteiger partial charge in [0.1, 0.15) is 5.82 Å². The van der Waals surface area contributed by atoms with Crippen molar-refractivity contribution in [3.63, 3.8) is 0 Å². The molecular formula is C8H7BrFNO3. The third-order valence-electron chi connectivity index (χ3n) is 1.90. The molecule has 1 aromatic rings. The smallest absolute Gasteiger partial charge is 0.231 e. The number of benzene rings is 1. The lowest BCUT2D eigenvalue weighted by atomic mass is 10.2. The molecule has 0 radical (unpaired) electrons. The maximum atomic E-state index is 13.5. The molecule has 2 N–H and O–H groups in total. The van der Waals surface area contributed by atoms with Crippen molar-refractivity contribution in [2.75, 3.05) is 6.79 Å². The van der Waals surface area contributed by atoms with Gasteiger partial charge in [0, 0.05) is 6.07 Å². The van der Waals surface area contributed by atoms with E-state index in [1.54, 1.807) is 0 Å². The van der Waals surface area contributed by atoms with Crippen molar-refractivity contribution in [3.8, 4) is 11.5 Å². The number of halogens is 2. The SMILES string of the molecule is ONCc1c(F)c(Br)cc2c1OCO2. The van der Waals surface area contributed by atoms with Crippen LogP contribution in [-0.2, 0) is 6.54 Å². The summed E-state index contributed by atoms with van der Waals surface area (Å²) in [6, 6.07) is 1.50. The van der Waals surface area contributed by atoms with Gasteiger partial charge < -0.3 is 14.7 Å². The Labute approximate surface area is 87.7 Å². The second kappa shape index (κ2) is 3.72. The zero-order valence-electron chi connectivity index (χ0n) is 7.01. The summed E-state index contributed by atoms with van der Waals surface area (Å²) in [5, 5.41) is 8.54. The van der Waals surface area contributed by atoms with Gasteiger partial charge in [-0.2, -0.15) is 0 Å². The Hall–Kier alpha value is -0.850. The molecule has 4 nitrogen and oxygen atoms in total. The van der Waals surface area contributed by atoms with Crippen molar-refractivity contribution in [1.29, 1.82) is 0 Å². The molecule has 1 aromatic carbocycles. The molecule has 0 aromatic heterocycles. The molecule has 0 saturated heterocycles. The minimum atomic E-state index is -0.462. The predicted octanol–water partition coefficient (Wildman–Crippen LogP) is 1.80. The summed E-state index contributed by atoms with van der Waals surface area (Å²) in [5.41, 5.74) is 2.13. The lowest BCUT2D eigenvalue weighted by Gasteiger charge is -2.07. The summed E-state index contributed by atoms with van der Waals surface area (Å²) >= 11 is 3.05. The Morgan fingerprint density at radius 1 is 1.57 bits per heavy atom. The monoisotopic (exact) mass is 263 g/mol. The first-order valence-corrected chi connectivity index (χ1v) is 4.66. The molecule has 0 atom stereocenters. The van der Waals surface area contributed by atoms with Crippen LogP contribution < -0.4 is 15.0 Å². The Balaban J connectivity index is 2.54. The van der Waals surface area contributed by atoms with Gasteiger partial charge in [0.05, 0.1) is 16.6 Å². The minimum Gasteiger partial charge on any atom is -0.454 e. The van der Waals surface area contributed by atoms with E-state index in [0.717, 1.165) is 0 Å². The highest BCUT2D eigenvalue weighted by Crippen LogP contribution is 2.40. The topological polar surface area (TPSA) is 50.7 Å². The van der Waals surface area contributed by atoms with Crippen molar-refractivity contribution in [3.05, 3.63) is 21.9 Å². The van der Waals surface area contributed by atoms with E-state index in [1.807, 2.05) is 5.48 Å². The molecule has 0 unspecified atom stereocenters. The van der Waals surface area contributed by atoms with E-state index in [1.165, 1.54) is 6.07 Å². The fourth-order valence-electron chi connectivity index (χ4n) is 1.29. The molecule has 1 aliphatic rings. The quantitative estimate of drug-likeness (QED) is 0.799. The van der Waals surface area contributed by atoms with Crippen LogP contribution in [0.4, 0.5) is 4.39 Å². The fourth-order valence-corrected chi connectivity index (χ4v) is 1.74. The third-order valence-corrected chi connectivity index (χ3v) is 2.48. The first kappa shape index (κ1) is 9.70. The van der Waals surface area contributed by atoms with Crippen LogP contribution in [0.1, 0.15) is 5.56 Å². The first-order valence-electron chi connectivity index (χ1n) is 3.87. The molecule has 1 heterocycles. The molecule has 76 valence electrons. The summed E-state index contributed by atoms with van der Waals surface area (Å²) in [7, 11) is 0. The Morgan fingerprint density at radius 3 is 3.07 bits per heavy atom. The molecule has 0 aliphatic carbocycles. The number of hydrogen-bond acceptors (Lipinski definition) is 4. The van der Waals surface area contributed by atoms with E-state index in [4.69, 9.17) is 14.7 Å². The van der Waals surface area contributed by atoms with Gasteiger partial charge in [-0.1, -0.05) is 0 Å². The number of fused-ring (bicyclic) bond motifs is 1. The van der Waals surface area contributed by atoms with Crippen molar-refractivity contribution >= 4 is 15.9 Å². The molecule has 1 aliphatic heterocycles. The average Bonchev–Trinajstić information content (AvgIpc) is 2.60. The van der Waals surface area contributed by atoms with E-state index < -0.39 is 5.82 Å². The van der Waals surface area contributed by atoms with Crippen LogP contribution in [0.25, 0.3) is 0 Å². The van der Waals surface area contributed by atoms with Crippen LogP contribution in [0.3, 0.4) is 0 Å². The summed E-state index contributed by atoms with van der Waals surface area (Å²) in [5.74, 6) is 0.353. The molecule has 0 amide bonds. The zero-order chi connectivity index (χ0) is 10.1. The van der Waals surface area contributed by atoms with Crippen LogP contribution in [0.2, 0.25) is 0 Å². The molecular weight excluding hydrogens is 257 g/mol. The molecule has 0 fully saturated rings. The van der Waals surface area contributed by atoms with Gasteiger partial charge in [-0.05, 0) is 15.9 Å². The van der Waals surface area contributed by atoms with E-state index >= 15 is 0 Å². The van der Waals surface area contributed by atoms with Gasteiger partial charge in [0.2, 0.25) is 6.79 Å². The molecule has 0 spiro atoms. The molecule has 0 bridgehead atoms. The molecule has 0 saturated carbocycles. The zero-order valence-corrected chi connectivity index (χ0v) is 8.60. The number of hydroxylamine groups is 1. The van der Waals surface area contributed by atoms with Gasteiger partial charge in [-0.25, -0.2) is 9.87 Å². The highest BCUT2D eigenvalue weighted by atomic mass is 79.9. The summed E-state index contributed by atoms with van der Waals surface area (Å²) < 4.78 is 24.0. The van der Waals surface area contributed by atoms with Gasteiger partial charge in [0.25, 0.3) is 0 Å². The molecule has 6 heteroatoms. The Bertz CT molecular complexity index is 372. The largest absolute Gasteiger partial charge is 0.454 e. The van der Waals surface area contributed by atoms with Gasteiger partial charge in [-0.15, -0.1) is 0 Å². The predicted molar refractivity (Wildman–Crippen MR) is 48.8 cm³/mol. The maximum Gasteiger partial charge on any atom is 0.231 e. The standard InChI is InChI=1S/C8H7BrFNO3/c9-5-1-6-8(14-3-13-6)4(2-11-12)7(5)10/h1,11-12H,2-3H2. The fraction of sp³-hybridized carbons (Fsp3) is 0.250. The van der Waals surface area contributed by atoms with Gasteiger partial charge >= 0.3 is 0 Å². The van der Waals surface area contributed by atoms with Crippen LogP contribution in [0.15, 0.2) is 10.5 Å². The Morgan fingerprint density at radius 2 is 2.36 bits per heavy atom. The molecule has 2 rings (SSSR count). The average molecular weight is 264 g/mol. The van der Waals surface area contributed by atoms with Crippen LogP contribution >= 0.6 is 15.9 Å². The number of nitrogens with one attached hydrogen (secondary N) is 1. The lowest BCUT2D eigenvalue weighted by molar-refractivity contribution is 0.154. The third kappa shape index (κ3) is 1.45. The van der Waals surface area contributed by atoms with E-state index in [9.17, 15) is 4.39 Å². The van der Waals surface area contributed by atoms with Crippen LogP contribution in [0, 0.1) is 5.82 Å².